The topological polar surface area (TPSA) is 30.0 Å². The lowest BCUT2D eigenvalue weighted by Gasteiger charge is -2.03. The van der Waals surface area contributed by atoms with E-state index < -0.39 is 0 Å². The van der Waals surface area contributed by atoms with Gasteiger partial charge in [0.2, 0.25) is 0 Å². The summed E-state index contributed by atoms with van der Waals surface area (Å²) in [5, 5.41) is 0.481. The number of pyridine rings is 1. The average molecular weight is 212 g/mol. The number of Topliss-reactive ketones (excluding diaryl/α,β-unsaturated/α-hetero) is 1. The first kappa shape index (κ1) is 11.2. The van der Waals surface area contributed by atoms with Crippen LogP contribution in [0.2, 0.25) is 5.15 Å². The van der Waals surface area contributed by atoms with Crippen molar-refractivity contribution >= 4 is 17.4 Å². The molecule has 0 saturated carbocycles. The van der Waals surface area contributed by atoms with Crippen LogP contribution in [0, 0.1) is 6.92 Å². The lowest BCUT2D eigenvalue weighted by Crippen LogP contribution is -2.04. The molecule has 0 N–H and O–H groups in total. The van der Waals surface area contributed by atoms with Crippen LogP contribution in [0.1, 0.15) is 31.0 Å². The normalized spacial score (nSPS) is 10.2. The lowest BCUT2D eigenvalue weighted by atomic mass is 10.1. The molecule has 0 unspecified atom stereocenters. The summed E-state index contributed by atoms with van der Waals surface area (Å²) in [4.78, 5) is 15.5. The van der Waals surface area contributed by atoms with Crippen LogP contribution < -0.4 is 0 Å². The summed E-state index contributed by atoms with van der Waals surface area (Å²) in [6.45, 7) is 3.88. The van der Waals surface area contributed by atoms with Crippen molar-refractivity contribution in [2.45, 2.75) is 33.1 Å². The van der Waals surface area contributed by atoms with Gasteiger partial charge in [-0.3, -0.25) is 4.79 Å². The summed E-state index contributed by atoms with van der Waals surface area (Å²) in [7, 11) is 0. The monoisotopic (exact) mass is 211 g/mol. The van der Waals surface area contributed by atoms with Crippen LogP contribution in [-0.2, 0) is 11.2 Å². The van der Waals surface area contributed by atoms with Crippen LogP contribution in [0.25, 0.3) is 0 Å². The molecule has 0 aliphatic heterocycles. The van der Waals surface area contributed by atoms with Crippen molar-refractivity contribution in [2.75, 3.05) is 0 Å². The first-order chi connectivity index (χ1) is 6.63. The van der Waals surface area contributed by atoms with Crippen LogP contribution in [0.4, 0.5) is 0 Å². The molecule has 0 aliphatic carbocycles. The highest BCUT2D eigenvalue weighted by molar-refractivity contribution is 6.29. The Morgan fingerprint density at radius 3 is 2.79 bits per heavy atom. The molecule has 0 radical (unpaired) electrons. The highest BCUT2D eigenvalue weighted by atomic mass is 35.5. The van der Waals surface area contributed by atoms with Gasteiger partial charge in [0.1, 0.15) is 10.9 Å². The van der Waals surface area contributed by atoms with E-state index in [0.717, 1.165) is 17.7 Å². The summed E-state index contributed by atoms with van der Waals surface area (Å²) in [5.41, 5.74) is 1.83. The van der Waals surface area contributed by atoms with Crippen LogP contribution in [-0.4, -0.2) is 10.8 Å². The molecular weight excluding hydrogens is 198 g/mol. The van der Waals surface area contributed by atoms with Crippen molar-refractivity contribution in [3.63, 3.8) is 0 Å². The summed E-state index contributed by atoms with van der Waals surface area (Å²) >= 11 is 5.72. The fourth-order valence-electron chi connectivity index (χ4n) is 1.33. The fraction of sp³-hybridized carbons (Fsp3) is 0.455. The number of carbonyl (C=O) groups is 1. The molecule has 1 aromatic heterocycles. The third-order valence-corrected chi connectivity index (χ3v) is 2.29. The largest absolute Gasteiger partial charge is 0.299 e. The van der Waals surface area contributed by atoms with Crippen molar-refractivity contribution < 1.29 is 4.79 Å². The van der Waals surface area contributed by atoms with E-state index in [9.17, 15) is 4.79 Å². The van der Waals surface area contributed by atoms with Crippen molar-refractivity contribution in [1.82, 2.24) is 4.98 Å². The van der Waals surface area contributed by atoms with Gasteiger partial charge >= 0.3 is 0 Å². The third kappa shape index (κ3) is 3.11. The number of carbonyl (C=O) groups excluding carboxylic acids is 1. The van der Waals surface area contributed by atoms with Gasteiger partial charge in [-0.1, -0.05) is 24.6 Å². The van der Waals surface area contributed by atoms with Gasteiger partial charge in [0.25, 0.3) is 0 Å². The highest BCUT2D eigenvalue weighted by Gasteiger charge is 2.06. The molecule has 0 amide bonds. The number of aryl methyl sites for hydroxylation is 1. The molecule has 1 heterocycles. The van der Waals surface area contributed by atoms with Gasteiger partial charge in [-0.15, -0.1) is 0 Å². The number of rotatable bonds is 4. The number of ketones is 1. The smallest absolute Gasteiger partial charge is 0.137 e. The Balaban J connectivity index is 2.72. The molecule has 0 aliphatic rings. The number of nitrogens with zero attached hydrogens (tertiary/aromatic N) is 1. The quantitative estimate of drug-likeness (QED) is 0.717. The molecule has 0 bridgehead atoms. The highest BCUT2D eigenvalue weighted by Crippen LogP contribution is 2.12. The minimum absolute atomic E-state index is 0.264. The molecule has 76 valence electrons. The van der Waals surface area contributed by atoms with Crippen molar-refractivity contribution in [1.29, 1.82) is 0 Å². The Hall–Kier alpha value is -0.890. The lowest BCUT2D eigenvalue weighted by molar-refractivity contribution is -0.118. The maximum absolute atomic E-state index is 11.4. The van der Waals surface area contributed by atoms with Crippen molar-refractivity contribution in [3.05, 3.63) is 28.5 Å². The first-order valence-electron chi connectivity index (χ1n) is 4.77. The maximum Gasteiger partial charge on any atom is 0.137 e. The molecule has 0 aromatic carbocycles. The molecule has 1 rings (SSSR count). The van der Waals surface area contributed by atoms with Crippen LogP contribution in [0.5, 0.6) is 0 Å². The second-order valence-electron chi connectivity index (χ2n) is 3.34. The Morgan fingerprint density at radius 2 is 2.21 bits per heavy atom. The second-order valence-corrected chi connectivity index (χ2v) is 3.73. The van der Waals surface area contributed by atoms with E-state index in [0.29, 0.717) is 18.0 Å². The molecular formula is C11H14ClNO. The van der Waals surface area contributed by atoms with E-state index in [4.69, 9.17) is 11.6 Å². The summed E-state index contributed by atoms with van der Waals surface area (Å²) < 4.78 is 0. The van der Waals surface area contributed by atoms with Gasteiger partial charge < -0.3 is 0 Å². The van der Waals surface area contributed by atoms with E-state index in [1.165, 1.54) is 0 Å². The predicted octanol–water partition coefficient (Wildman–Crippen LogP) is 2.96. The third-order valence-electron chi connectivity index (χ3n) is 2.08. The summed E-state index contributed by atoms with van der Waals surface area (Å²) in [5.74, 6) is 0.264. The molecule has 14 heavy (non-hydrogen) atoms. The van der Waals surface area contributed by atoms with Crippen molar-refractivity contribution in [3.8, 4) is 0 Å². The Labute approximate surface area is 89.3 Å². The van der Waals surface area contributed by atoms with E-state index in [-0.39, 0.29) is 5.78 Å². The molecule has 0 atom stereocenters. The number of hydrogen-bond acceptors (Lipinski definition) is 2. The average Bonchev–Trinajstić information content (AvgIpc) is 2.10. The Kier molecular flexibility index (Phi) is 4.08. The Bertz CT molecular complexity index is 336. The molecule has 3 heteroatoms. The van der Waals surface area contributed by atoms with Gasteiger partial charge in [-0.25, -0.2) is 4.98 Å². The number of halogens is 1. The molecule has 1 aromatic rings. The summed E-state index contributed by atoms with van der Waals surface area (Å²) in [6, 6.07) is 3.60. The molecule has 0 spiro atoms. The number of hydrogen-bond donors (Lipinski definition) is 0. The number of aromatic nitrogens is 1. The van der Waals surface area contributed by atoms with E-state index in [1.807, 2.05) is 19.9 Å². The van der Waals surface area contributed by atoms with Gasteiger partial charge in [0, 0.05) is 18.5 Å². The predicted molar refractivity (Wildman–Crippen MR) is 57.6 cm³/mol. The van der Waals surface area contributed by atoms with Gasteiger partial charge in [0.05, 0.1) is 0 Å². The fourth-order valence-corrected chi connectivity index (χ4v) is 1.52. The zero-order valence-corrected chi connectivity index (χ0v) is 9.27. The van der Waals surface area contributed by atoms with Gasteiger partial charge in [-0.2, -0.15) is 0 Å². The van der Waals surface area contributed by atoms with Crippen LogP contribution in [0.3, 0.4) is 0 Å². The maximum atomic E-state index is 11.4. The van der Waals surface area contributed by atoms with E-state index in [2.05, 4.69) is 4.98 Å². The molecule has 0 fully saturated rings. The minimum Gasteiger partial charge on any atom is -0.299 e. The van der Waals surface area contributed by atoms with Crippen molar-refractivity contribution in [2.24, 2.45) is 0 Å². The van der Waals surface area contributed by atoms with Crippen LogP contribution in [0.15, 0.2) is 12.1 Å². The summed E-state index contributed by atoms with van der Waals surface area (Å²) in [6.07, 6.45) is 2.02. The molecule has 2 nitrogen and oxygen atoms in total. The SMILES string of the molecule is CCCC(=O)Cc1ccc(Cl)nc1C. The van der Waals surface area contributed by atoms with E-state index >= 15 is 0 Å². The minimum atomic E-state index is 0.264. The van der Waals surface area contributed by atoms with Gasteiger partial charge in [0.15, 0.2) is 0 Å². The second kappa shape index (κ2) is 5.11. The Morgan fingerprint density at radius 1 is 1.50 bits per heavy atom. The first-order valence-corrected chi connectivity index (χ1v) is 5.15. The standard InChI is InChI=1S/C11H14ClNO/c1-3-4-10(14)7-9-5-6-11(12)13-8(9)2/h5-6H,3-4,7H2,1-2H3. The van der Waals surface area contributed by atoms with Crippen LogP contribution >= 0.6 is 11.6 Å². The van der Waals surface area contributed by atoms with Gasteiger partial charge in [-0.05, 0) is 25.0 Å². The van der Waals surface area contributed by atoms with E-state index in [1.54, 1.807) is 6.07 Å². The zero-order chi connectivity index (χ0) is 10.6. The zero-order valence-electron chi connectivity index (χ0n) is 8.51. The molecule has 0 saturated heterocycles.